The zero-order valence-electron chi connectivity index (χ0n) is 12.9. The Morgan fingerprint density at radius 2 is 1.95 bits per heavy atom. The molecule has 0 atom stereocenters. The van der Waals surface area contributed by atoms with Crippen LogP contribution in [0.2, 0.25) is 0 Å². The van der Waals surface area contributed by atoms with Crippen LogP contribution in [-0.2, 0) is 6.54 Å². The molecule has 4 nitrogen and oxygen atoms in total. The summed E-state index contributed by atoms with van der Waals surface area (Å²) in [5, 5.41) is 3.10. The molecule has 5 heteroatoms. The Hall–Kier alpha value is -2.17. The number of halogens is 1. The number of rotatable bonds is 5. The second-order valence-electron chi connectivity index (χ2n) is 5.31. The summed E-state index contributed by atoms with van der Waals surface area (Å²) in [6, 6.07) is 6.81. The van der Waals surface area contributed by atoms with Crippen molar-refractivity contribution in [3.05, 3.63) is 47.5 Å². The van der Waals surface area contributed by atoms with Crippen LogP contribution < -0.4 is 10.2 Å². The minimum absolute atomic E-state index is 0.196. The first kappa shape index (κ1) is 15.2. The van der Waals surface area contributed by atoms with E-state index in [0.29, 0.717) is 12.1 Å². The zero-order valence-corrected chi connectivity index (χ0v) is 12.9. The molecule has 0 saturated carbocycles. The van der Waals surface area contributed by atoms with Crippen molar-refractivity contribution in [3.8, 4) is 0 Å². The van der Waals surface area contributed by atoms with Gasteiger partial charge in [-0.05, 0) is 12.0 Å². The maximum Gasteiger partial charge on any atom is 0.137 e. The van der Waals surface area contributed by atoms with Crippen molar-refractivity contribution in [2.75, 3.05) is 24.3 Å². The second kappa shape index (κ2) is 6.52. The summed E-state index contributed by atoms with van der Waals surface area (Å²) < 4.78 is 13.8. The number of anilines is 2. The summed E-state index contributed by atoms with van der Waals surface area (Å²) in [5.74, 6) is 1.72. The minimum atomic E-state index is -0.196. The van der Waals surface area contributed by atoms with Gasteiger partial charge < -0.3 is 10.2 Å². The van der Waals surface area contributed by atoms with Crippen LogP contribution in [0.15, 0.2) is 30.6 Å². The molecule has 1 aromatic carbocycles. The van der Waals surface area contributed by atoms with Crippen LogP contribution in [0.1, 0.15) is 30.9 Å². The van der Waals surface area contributed by atoms with Crippen LogP contribution in [0, 0.1) is 5.82 Å². The van der Waals surface area contributed by atoms with Gasteiger partial charge in [0.25, 0.3) is 0 Å². The standard InChI is InChI=1S/C16H21FN4/c1-11(2)14-15(18-3)19-10-20-16(14)21(4)9-12-7-5-6-8-13(12)17/h5-8,10-11H,9H2,1-4H3,(H,18,19,20). The predicted octanol–water partition coefficient (Wildman–Crippen LogP) is 3.42. The fraction of sp³-hybridized carbons (Fsp3) is 0.375. The number of hydrogen-bond donors (Lipinski definition) is 1. The molecule has 2 rings (SSSR count). The normalized spacial score (nSPS) is 10.8. The smallest absolute Gasteiger partial charge is 0.137 e. The Labute approximate surface area is 125 Å². The first-order chi connectivity index (χ1) is 10.0. The van der Waals surface area contributed by atoms with Crippen LogP contribution in [-0.4, -0.2) is 24.1 Å². The molecule has 1 N–H and O–H groups in total. The third-order valence-electron chi connectivity index (χ3n) is 3.40. The van der Waals surface area contributed by atoms with E-state index in [9.17, 15) is 4.39 Å². The van der Waals surface area contributed by atoms with Crippen molar-refractivity contribution in [3.63, 3.8) is 0 Å². The molecule has 112 valence electrons. The summed E-state index contributed by atoms with van der Waals surface area (Å²) >= 11 is 0. The van der Waals surface area contributed by atoms with Crippen molar-refractivity contribution in [2.45, 2.75) is 26.3 Å². The Balaban J connectivity index is 2.35. The Kier molecular flexibility index (Phi) is 4.73. The van der Waals surface area contributed by atoms with Gasteiger partial charge >= 0.3 is 0 Å². The number of aromatic nitrogens is 2. The summed E-state index contributed by atoms with van der Waals surface area (Å²) in [4.78, 5) is 10.6. The average molecular weight is 288 g/mol. The number of benzene rings is 1. The highest BCUT2D eigenvalue weighted by molar-refractivity contribution is 5.59. The summed E-state index contributed by atoms with van der Waals surface area (Å²) in [5.41, 5.74) is 1.69. The molecule has 0 aliphatic carbocycles. The highest BCUT2D eigenvalue weighted by Gasteiger charge is 2.18. The molecule has 0 bridgehead atoms. The maximum atomic E-state index is 13.8. The van der Waals surface area contributed by atoms with E-state index in [1.165, 1.54) is 12.4 Å². The van der Waals surface area contributed by atoms with Gasteiger partial charge in [-0.2, -0.15) is 0 Å². The molecule has 2 aromatic rings. The summed E-state index contributed by atoms with van der Waals surface area (Å²) in [7, 11) is 3.76. The average Bonchev–Trinajstić information content (AvgIpc) is 2.48. The zero-order chi connectivity index (χ0) is 15.4. The van der Waals surface area contributed by atoms with Crippen LogP contribution in [0.5, 0.6) is 0 Å². The molecule has 1 heterocycles. The van der Waals surface area contributed by atoms with Crippen LogP contribution >= 0.6 is 0 Å². The number of nitrogens with one attached hydrogen (secondary N) is 1. The van der Waals surface area contributed by atoms with E-state index in [2.05, 4.69) is 29.1 Å². The van der Waals surface area contributed by atoms with Crippen molar-refractivity contribution in [2.24, 2.45) is 0 Å². The molecule has 0 unspecified atom stereocenters. The van der Waals surface area contributed by atoms with Gasteiger partial charge in [0.1, 0.15) is 23.8 Å². The highest BCUT2D eigenvalue weighted by Crippen LogP contribution is 2.30. The van der Waals surface area contributed by atoms with Gasteiger partial charge in [-0.15, -0.1) is 0 Å². The topological polar surface area (TPSA) is 41.1 Å². The van der Waals surface area contributed by atoms with E-state index in [0.717, 1.165) is 17.2 Å². The SMILES string of the molecule is CNc1ncnc(N(C)Cc2ccccc2F)c1C(C)C. The lowest BCUT2D eigenvalue weighted by Crippen LogP contribution is -2.21. The lowest BCUT2D eigenvalue weighted by molar-refractivity contribution is 0.607. The van der Waals surface area contributed by atoms with E-state index in [-0.39, 0.29) is 11.7 Å². The van der Waals surface area contributed by atoms with Gasteiger partial charge in [0, 0.05) is 31.8 Å². The minimum Gasteiger partial charge on any atom is -0.373 e. The van der Waals surface area contributed by atoms with Gasteiger partial charge in [-0.25, -0.2) is 14.4 Å². The Morgan fingerprint density at radius 3 is 2.57 bits per heavy atom. The third kappa shape index (κ3) is 3.29. The molecule has 0 radical (unpaired) electrons. The van der Waals surface area contributed by atoms with E-state index in [1.807, 2.05) is 25.1 Å². The Bertz CT molecular complexity index is 613. The summed E-state index contributed by atoms with van der Waals surface area (Å²) in [6.45, 7) is 4.66. The van der Waals surface area contributed by atoms with Gasteiger partial charge in [0.2, 0.25) is 0 Å². The first-order valence-corrected chi connectivity index (χ1v) is 7.01. The van der Waals surface area contributed by atoms with Gasteiger partial charge in [0.05, 0.1) is 0 Å². The predicted molar refractivity (Wildman–Crippen MR) is 84.2 cm³/mol. The van der Waals surface area contributed by atoms with Crippen molar-refractivity contribution in [1.82, 2.24) is 9.97 Å². The van der Waals surface area contributed by atoms with Gasteiger partial charge in [0.15, 0.2) is 0 Å². The van der Waals surface area contributed by atoms with E-state index in [1.54, 1.807) is 12.1 Å². The largest absolute Gasteiger partial charge is 0.373 e. The Morgan fingerprint density at radius 1 is 1.24 bits per heavy atom. The fourth-order valence-corrected chi connectivity index (χ4v) is 2.38. The lowest BCUT2D eigenvalue weighted by Gasteiger charge is -2.24. The molecule has 0 spiro atoms. The summed E-state index contributed by atoms with van der Waals surface area (Å²) in [6.07, 6.45) is 1.53. The molecule has 21 heavy (non-hydrogen) atoms. The monoisotopic (exact) mass is 288 g/mol. The quantitative estimate of drug-likeness (QED) is 0.915. The highest BCUT2D eigenvalue weighted by atomic mass is 19.1. The van der Waals surface area contributed by atoms with Crippen molar-refractivity contribution >= 4 is 11.6 Å². The van der Waals surface area contributed by atoms with E-state index in [4.69, 9.17) is 0 Å². The van der Waals surface area contributed by atoms with E-state index >= 15 is 0 Å². The molecule has 0 fully saturated rings. The number of hydrogen-bond acceptors (Lipinski definition) is 4. The molecular formula is C16H21FN4. The molecule has 0 aliphatic rings. The van der Waals surface area contributed by atoms with Crippen molar-refractivity contribution < 1.29 is 4.39 Å². The molecule has 0 saturated heterocycles. The molecule has 1 aromatic heterocycles. The van der Waals surface area contributed by atoms with Crippen molar-refractivity contribution in [1.29, 1.82) is 0 Å². The molecule has 0 aliphatic heterocycles. The van der Waals surface area contributed by atoms with Gasteiger partial charge in [-0.1, -0.05) is 32.0 Å². The number of nitrogens with zero attached hydrogens (tertiary/aromatic N) is 3. The second-order valence-corrected chi connectivity index (χ2v) is 5.31. The fourth-order valence-electron chi connectivity index (χ4n) is 2.38. The van der Waals surface area contributed by atoms with Crippen LogP contribution in [0.4, 0.5) is 16.0 Å². The van der Waals surface area contributed by atoms with E-state index < -0.39 is 0 Å². The maximum absolute atomic E-state index is 13.8. The third-order valence-corrected chi connectivity index (χ3v) is 3.40. The molecule has 0 amide bonds. The lowest BCUT2D eigenvalue weighted by atomic mass is 10.0. The van der Waals surface area contributed by atoms with Crippen LogP contribution in [0.25, 0.3) is 0 Å². The molecular weight excluding hydrogens is 267 g/mol. The van der Waals surface area contributed by atoms with Crippen LogP contribution in [0.3, 0.4) is 0 Å². The van der Waals surface area contributed by atoms with Gasteiger partial charge in [-0.3, -0.25) is 0 Å². The first-order valence-electron chi connectivity index (χ1n) is 7.01.